The smallest absolute Gasteiger partial charge is 0.309 e. The Morgan fingerprint density at radius 1 is 1.60 bits per heavy atom. The molecular weight excluding hydrogens is 194 g/mol. The molecule has 0 fully saturated rings. The third kappa shape index (κ3) is 1.73. The molecule has 0 N–H and O–H groups in total. The molecule has 1 unspecified atom stereocenters. The second kappa shape index (κ2) is 4.00. The van der Waals surface area contributed by atoms with E-state index < -0.39 is 0 Å². The molecule has 2 heterocycles. The van der Waals surface area contributed by atoms with Gasteiger partial charge in [-0.1, -0.05) is 6.92 Å². The number of fused-ring (bicyclic) bond motifs is 1. The Morgan fingerprint density at radius 3 is 3.07 bits per heavy atom. The van der Waals surface area contributed by atoms with Crippen LogP contribution in [0.4, 0.5) is 0 Å². The Bertz CT molecular complexity index is 373. The van der Waals surface area contributed by atoms with E-state index in [1.807, 2.05) is 0 Å². The van der Waals surface area contributed by atoms with Gasteiger partial charge in [0.1, 0.15) is 11.6 Å². The number of carbonyl (C=O) groups excluding carboxylic acids is 1. The summed E-state index contributed by atoms with van der Waals surface area (Å²) in [6, 6.07) is 0. The molecule has 1 aromatic rings. The van der Waals surface area contributed by atoms with Crippen LogP contribution in [0.1, 0.15) is 25.0 Å². The zero-order valence-electron chi connectivity index (χ0n) is 9.06. The summed E-state index contributed by atoms with van der Waals surface area (Å²) in [6.07, 6.45) is 2.36. The van der Waals surface area contributed by atoms with Crippen LogP contribution < -0.4 is 0 Å². The van der Waals surface area contributed by atoms with Gasteiger partial charge in [0.25, 0.3) is 0 Å². The maximum atomic E-state index is 11.4. The molecule has 0 saturated heterocycles. The van der Waals surface area contributed by atoms with Gasteiger partial charge in [-0.15, -0.1) is 10.2 Å². The second-order valence-corrected chi connectivity index (χ2v) is 3.75. The zero-order chi connectivity index (χ0) is 10.8. The molecule has 0 aromatic carbocycles. The minimum Gasteiger partial charge on any atom is -0.469 e. The lowest BCUT2D eigenvalue weighted by molar-refractivity contribution is -0.146. The normalized spacial score (nSPS) is 19.7. The Kier molecular flexibility index (Phi) is 2.70. The van der Waals surface area contributed by atoms with Crippen LogP contribution in [-0.2, 0) is 28.9 Å². The summed E-state index contributed by atoms with van der Waals surface area (Å²) < 4.78 is 6.85. The summed E-state index contributed by atoms with van der Waals surface area (Å²) in [6.45, 7) is 2.88. The molecule has 0 spiro atoms. The lowest BCUT2D eigenvalue weighted by Gasteiger charge is -2.21. The first-order chi connectivity index (χ1) is 7.26. The van der Waals surface area contributed by atoms with Gasteiger partial charge in [-0.25, -0.2) is 0 Å². The molecule has 5 nitrogen and oxygen atoms in total. The fraction of sp³-hybridized carbons (Fsp3) is 0.700. The Balaban J connectivity index is 2.17. The van der Waals surface area contributed by atoms with Gasteiger partial charge >= 0.3 is 5.97 Å². The van der Waals surface area contributed by atoms with Crippen molar-refractivity contribution in [3.63, 3.8) is 0 Å². The SMILES string of the molecule is CCc1nnc2n1CCC(C(=O)OC)C2. The Labute approximate surface area is 88.4 Å². The maximum Gasteiger partial charge on any atom is 0.309 e. The van der Waals surface area contributed by atoms with Crippen molar-refractivity contribution in [3.05, 3.63) is 11.6 Å². The zero-order valence-corrected chi connectivity index (χ0v) is 9.06. The molecule has 1 aliphatic heterocycles. The number of aryl methyl sites for hydroxylation is 1. The van der Waals surface area contributed by atoms with E-state index in [2.05, 4.69) is 21.7 Å². The molecule has 0 bridgehead atoms. The summed E-state index contributed by atoms with van der Waals surface area (Å²) >= 11 is 0. The number of methoxy groups -OCH3 is 1. The Morgan fingerprint density at radius 2 is 2.40 bits per heavy atom. The molecule has 1 atom stereocenters. The third-order valence-corrected chi connectivity index (χ3v) is 2.88. The first-order valence-electron chi connectivity index (χ1n) is 5.25. The predicted octanol–water partition coefficient (Wildman–Crippen LogP) is 0.576. The molecular formula is C10H15N3O2. The number of esters is 1. The Hall–Kier alpha value is -1.39. The average Bonchev–Trinajstić information content (AvgIpc) is 2.69. The van der Waals surface area contributed by atoms with Crippen molar-refractivity contribution in [1.29, 1.82) is 0 Å². The van der Waals surface area contributed by atoms with E-state index >= 15 is 0 Å². The van der Waals surface area contributed by atoms with Crippen molar-refractivity contribution < 1.29 is 9.53 Å². The third-order valence-electron chi connectivity index (χ3n) is 2.88. The molecule has 0 amide bonds. The minimum absolute atomic E-state index is 0.0450. The lowest BCUT2D eigenvalue weighted by Crippen LogP contribution is -2.27. The number of hydrogen-bond donors (Lipinski definition) is 0. The quantitative estimate of drug-likeness (QED) is 0.668. The van der Waals surface area contributed by atoms with Crippen LogP contribution in [0.2, 0.25) is 0 Å². The summed E-state index contributed by atoms with van der Waals surface area (Å²) in [4.78, 5) is 11.4. The maximum absolute atomic E-state index is 11.4. The van der Waals surface area contributed by atoms with Gasteiger partial charge in [-0.05, 0) is 6.42 Å². The van der Waals surface area contributed by atoms with Crippen LogP contribution in [0.25, 0.3) is 0 Å². The van der Waals surface area contributed by atoms with Crippen molar-refractivity contribution in [2.75, 3.05) is 7.11 Å². The molecule has 82 valence electrons. The molecule has 5 heteroatoms. The summed E-state index contributed by atoms with van der Waals surface area (Å²) in [7, 11) is 1.43. The van der Waals surface area contributed by atoms with Gasteiger partial charge in [-0.2, -0.15) is 0 Å². The largest absolute Gasteiger partial charge is 0.469 e. The van der Waals surface area contributed by atoms with Gasteiger partial charge in [-0.3, -0.25) is 4.79 Å². The van der Waals surface area contributed by atoms with Crippen LogP contribution in [0.15, 0.2) is 0 Å². The molecule has 0 saturated carbocycles. The van der Waals surface area contributed by atoms with Crippen LogP contribution in [0.3, 0.4) is 0 Å². The highest BCUT2D eigenvalue weighted by molar-refractivity contribution is 5.72. The van der Waals surface area contributed by atoms with Gasteiger partial charge < -0.3 is 9.30 Å². The van der Waals surface area contributed by atoms with Gasteiger partial charge in [0.15, 0.2) is 0 Å². The van der Waals surface area contributed by atoms with E-state index in [1.54, 1.807) is 0 Å². The fourth-order valence-electron chi connectivity index (χ4n) is 2.02. The van der Waals surface area contributed by atoms with Crippen molar-refractivity contribution in [3.8, 4) is 0 Å². The van der Waals surface area contributed by atoms with Gasteiger partial charge in [0, 0.05) is 19.4 Å². The van der Waals surface area contributed by atoms with E-state index in [9.17, 15) is 4.79 Å². The van der Waals surface area contributed by atoms with Crippen molar-refractivity contribution >= 4 is 5.97 Å². The summed E-state index contributed by atoms with van der Waals surface area (Å²) in [5.41, 5.74) is 0. The lowest BCUT2D eigenvalue weighted by atomic mass is 9.98. The highest BCUT2D eigenvalue weighted by Crippen LogP contribution is 2.21. The topological polar surface area (TPSA) is 57.0 Å². The van der Waals surface area contributed by atoms with E-state index in [4.69, 9.17) is 4.74 Å². The van der Waals surface area contributed by atoms with E-state index in [1.165, 1.54) is 7.11 Å². The number of rotatable bonds is 2. The van der Waals surface area contributed by atoms with E-state index in [0.717, 1.165) is 31.0 Å². The number of hydrogen-bond acceptors (Lipinski definition) is 4. The first kappa shape index (κ1) is 10.1. The molecule has 0 aliphatic carbocycles. The average molecular weight is 209 g/mol. The molecule has 15 heavy (non-hydrogen) atoms. The highest BCUT2D eigenvalue weighted by Gasteiger charge is 2.27. The number of carbonyl (C=O) groups is 1. The highest BCUT2D eigenvalue weighted by atomic mass is 16.5. The predicted molar refractivity (Wildman–Crippen MR) is 53.2 cm³/mol. The molecule has 0 radical (unpaired) electrons. The van der Waals surface area contributed by atoms with Crippen LogP contribution >= 0.6 is 0 Å². The number of aromatic nitrogens is 3. The van der Waals surface area contributed by atoms with Crippen molar-refractivity contribution in [2.45, 2.75) is 32.7 Å². The first-order valence-corrected chi connectivity index (χ1v) is 5.25. The monoisotopic (exact) mass is 209 g/mol. The van der Waals surface area contributed by atoms with Crippen molar-refractivity contribution in [1.82, 2.24) is 14.8 Å². The summed E-state index contributed by atoms with van der Waals surface area (Å²) in [5, 5.41) is 8.20. The second-order valence-electron chi connectivity index (χ2n) is 3.75. The standard InChI is InChI=1S/C10H15N3O2/c1-3-8-11-12-9-6-7(10(14)15-2)4-5-13(8)9/h7H,3-6H2,1-2H3. The number of ether oxygens (including phenoxy) is 1. The van der Waals surface area contributed by atoms with E-state index in [-0.39, 0.29) is 11.9 Å². The molecule has 2 rings (SSSR count). The minimum atomic E-state index is -0.137. The van der Waals surface area contributed by atoms with Crippen LogP contribution in [-0.4, -0.2) is 27.8 Å². The van der Waals surface area contributed by atoms with Crippen LogP contribution in [0, 0.1) is 5.92 Å². The number of nitrogens with zero attached hydrogens (tertiary/aromatic N) is 3. The van der Waals surface area contributed by atoms with Gasteiger partial charge in [0.2, 0.25) is 0 Å². The van der Waals surface area contributed by atoms with Gasteiger partial charge in [0.05, 0.1) is 13.0 Å². The van der Waals surface area contributed by atoms with Crippen molar-refractivity contribution in [2.24, 2.45) is 5.92 Å². The van der Waals surface area contributed by atoms with Crippen LogP contribution in [0.5, 0.6) is 0 Å². The fourth-order valence-corrected chi connectivity index (χ4v) is 2.02. The molecule has 1 aliphatic rings. The van der Waals surface area contributed by atoms with E-state index in [0.29, 0.717) is 6.42 Å². The molecule has 1 aromatic heterocycles. The summed E-state index contributed by atoms with van der Waals surface area (Å²) in [5.74, 6) is 1.74.